The first-order chi connectivity index (χ1) is 9.51. The Bertz CT molecular complexity index is 282. The maximum absolute atomic E-state index is 11.8. The molecule has 0 rings (SSSR count). The molecule has 0 aromatic heterocycles. The summed E-state index contributed by atoms with van der Waals surface area (Å²) in [6.07, 6.45) is 6.03. The molecule has 5 heteroatoms. The first kappa shape index (κ1) is 18.7. The molecule has 20 heavy (non-hydrogen) atoms. The van der Waals surface area contributed by atoms with Crippen LogP contribution in [0.4, 0.5) is 4.79 Å². The Morgan fingerprint density at radius 2 is 1.90 bits per heavy atom. The third-order valence-corrected chi connectivity index (χ3v) is 3.62. The Morgan fingerprint density at radius 3 is 2.45 bits per heavy atom. The molecule has 0 spiro atoms. The normalized spacial score (nSPS) is 11.9. The number of rotatable bonds is 11. The minimum Gasteiger partial charge on any atom is -0.481 e. The number of hydrogen-bond donors (Lipinski definition) is 2. The number of hydrogen-bond acceptors (Lipinski definition) is 2. The topological polar surface area (TPSA) is 69.6 Å². The molecule has 1 unspecified atom stereocenters. The van der Waals surface area contributed by atoms with E-state index in [0.717, 1.165) is 38.6 Å². The van der Waals surface area contributed by atoms with Crippen LogP contribution in [0.2, 0.25) is 0 Å². The van der Waals surface area contributed by atoms with Gasteiger partial charge in [-0.15, -0.1) is 0 Å². The summed E-state index contributed by atoms with van der Waals surface area (Å²) in [6.45, 7) is 5.61. The van der Waals surface area contributed by atoms with Crippen molar-refractivity contribution in [3.05, 3.63) is 0 Å². The second kappa shape index (κ2) is 11.6. The second-order valence-corrected chi connectivity index (χ2v) is 5.36. The standard InChI is InChI=1S/C15H30N2O3/c1-4-6-7-12-17(3)15(20)16-11-10-13(5-2)8-9-14(18)19/h13H,4-12H2,1-3H3,(H,16,20)(H,18,19). The van der Waals surface area contributed by atoms with Gasteiger partial charge < -0.3 is 15.3 Å². The molecule has 2 amide bonds. The average molecular weight is 286 g/mol. The molecule has 0 radical (unpaired) electrons. The van der Waals surface area contributed by atoms with E-state index < -0.39 is 5.97 Å². The van der Waals surface area contributed by atoms with E-state index in [1.807, 2.05) is 7.05 Å². The predicted molar refractivity (Wildman–Crippen MR) is 80.8 cm³/mol. The minimum absolute atomic E-state index is 0.0332. The highest BCUT2D eigenvalue weighted by Crippen LogP contribution is 2.14. The highest BCUT2D eigenvalue weighted by molar-refractivity contribution is 5.73. The van der Waals surface area contributed by atoms with E-state index >= 15 is 0 Å². The fourth-order valence-electron chi connectivity index (χ4n) is 2.10. The number of carbonyl (C=O) groups is 2. The molecule has 1 atom stereocenters. The zero-order chi connectivity index (χ0) is 15.4. The Morgan fingerprint density at radius 1 is 1.20 bits per heavy atom. The van der Waals surface area contributed by atoms with Crippen molar-refractivity contribution in [2.75, 3.05) is 20.1 Å². The molecule has 0 saturated carbocycles. The summed E-state index contributed by atoms with van der Waals surface area (Å²) in [6, 6.07) is -0.0332. The number of nitrogens with zero attached hydrogens (tertiary/aromatic N) is 1. The van der Waals surface area contributed by atoms with Gasteiger partial charge in [-0.05, 0) is 25.2 Å². The van der Waals surface area contributed by atoms with Crippen molar-refractivity contribution in [1.82, 2.24) is 10.2 Å². The van der Waals surface area contributed by atoms with Crippen LogP contribution in [-0.4, -0.2) is 42.1 Å². The Hall–Kier alpha value is -1.26. The average Bonchev–Trinajstić information content (AvgIpc) is 2.42. The van der Waals surface area contributed by atoms with Crippen LogP contribution in [0.1, 0.15) is 58.8 Å². The minimum atomic E-state index is -0.747. The van der Waals surface area contributed by atoms with Crippen LogP contribution >= 0.6 is 0 Å². The van der Waals surface area contributed by atoms with Gasteiger partial charge in [0.05, 0.1) is 0 Å². The number of unbranched alkanes of at least 4 members (excludes halogenated alkanes) is 2. The second-order valence-electron chi connectivity index (χ2n) is 5.36. The lowest BCUT2D eigenvalue weighted by Crippen LogP contribution is -2.38. The lowest BCUT2D eigenvalue weighted by Gasteiger charge is -2.19. The third kappa shape index (κ3) is 9.64. The fourth-order valence-corrected chi connectivity index (χ4v) is 2.10. The van der Waals surface area contributed by atoms with Gasteiger partial charge in [0.2, 0.25) is 0 Å². The fraction of sp³-hybridized carbons (Fsp3) is 0.867. The molecule has 0 fully saturated rings. The number of aliphatic carboxylic acids is 1. The first-order valence-electron chi connectivity index (χ1n) is 7.71. The zero-order valence-corrected chi connectivity index (χ0v) is 13.2. The summed E-state index contributed by atoms with van der Waals surface area (Å²) in [5.74, 6) is -0.375. The third-order valence-electron chi connectivity index (χ3n) is 3.62. The summed E-state index contributed by atoms with van der Waals surface area (Å²) < 4.78 is 0. The maximum Gasteiger partial charge on any atom is 0.317 e. The lowest BCUT2D eigenvalue weighted by atomic mass is 9.97. The van der Waals surface area contributed by atoms with Gasteiger partial charge in [0.25, 0.3) is 0 Å². The first-order valence-corrected chi connectivity index (χ1v) is 7.71. The van der Waals surface area contributed by atoms with Crippen LogP contribution in [-0.2, 0) is 4.79 Å². The van der Waals surface area contributed by atoms with Gasteiger partial charge in [0.1, 0.15) is 0 Å². The quantitative estimate of drug-likeness (QED) is 0.573. The van der Waals surface area contributed by atoms with Crippen molar-refractivity contribution in [2.45, 2.75) is 58.8 Å². The number of carbonyl (C=O) groups excluding carboxylic acids is 1. The summed E-state index contributed by atoms with van der Waals surface area (Å²) >= 11 is 0. The highest BCUT2D eigenvalue weighted by Gasteiger charge is 2.11. The van der Waals surface area contributed by atoms with Crippen molar-refractivity contribution in [3.63, 3.8) is 0 Å². The Labute approximate surface area is 122 Å². The molecule has 0 bridgehead atoms. The van der Waals surface area contributed by atoms with Gasteiger partial charge in [-0.2, -0.15) is 0 Å². The van der Waals surface area contributed by atoms with E-state index in [0.29, 0.717) is 18.9 Å². The summed E-state index contributed by atoms with van der Waals surface area (Å²) in [5, 5.41) is 11.6. The molecule has 0 aromatic rings. The summed E-state index contributed by atoms with van der Waals surface area (Å²) in [5.41, 5.74) is 0. The molecule has 0 aliphatic rings. The molecule has 0 aliphatic heterocycles. The lowest BCUT2D eigenvalue weighted by molar-refractivity contribution is -0.137. The van der Waals surface area contributed by atoms with Gasteiger partial charge in [-0.3, -0.25) is 4.79 Å². The Balaban J connectivity index is 3.78. The summed E-state index contributed by atoms with van der Waals surface area (Å²) in [4.78, 5) is 24.0. The van der Waals surface area contributed by atoms with Crippen LogP contribution in [0.15, 0.2) is 0 Å². The van der Waals surface area contributed by atoms with Crippen molar-refractivity contribution in [1.29, 1.82) is 0 Å². The van der Waals surface area contributed by atoms with Crippen molar-refractivity contribution < 1.29 is 14.7 Å². The number of carboxylic acids is 1. The van der Waals surface area contributed by atoms with Crippen LogP contribution < -0.4 is 5.32 Å². The molecule has 0 saturated heterocycles. The largest absolute Gasteiger partial charge is 0.481 e. The van der Waals surface area contributed by atoms with Crippen LogP contribution in [0, 0.1) is 5.92 Å². The molecule has 2 N–H and O–H groups in total. The molecule has 5 nitrogen and oxygen atoms in total. The van der Waals surface area contributed by atoms with E-state index in [4.69, 9.17) is 5.11 Å². The molecule has 0 aliphatic carbocycles. The monoisotopic (exact) mass is 286 g/mol. The molecular formula is C15H30N2O3. The molecular weight excluding hydrogens is 256 g/mol. The van der Waals surface area contributed by atoms with Gasteiger partial charge in [0, 0.05) is 26.6 Å². The smallest absolute Gasteiger partial charge is 0.317 e. The van der Waals surface area contributed by atoms with E-state index in [-0.39, 0.29) is 12.5 Å². The SMILES string of the molecule is CCCCCN(C)C(=O)NCCC(CC)CCC(=O)O. The number of nitrogens with one attached hydrogen (secondary N) is 1. The van der Waals surface area contributed by atoms with Crippen molar-refractivity contribution in [2.24, 2.45) is 5.92 Å². The van der Waals surface area contributed by atoms with E-state index in [1.165, 1.54) is 0 Å². The maximum atomic E-state index is 11.8. The van der Waals surface area contributed by atoms with Crippen LogP contribution in [0.3, 0.4) is 0 Å². The number of amides is 2. The van der Waals surface area contributed by atoms with Crippen LogP contribution in [0.25, 0.3) is 0 Å². The van der Waals surface area contributed by atoms with Gasteiger partial charge in [-0.25, -0.2) is 4.79 Å². The van der Waals surface area contributed by atoms with Crippen LogP contribution in [0.5, 0.6) is 0 Å². The zero-order valence-electron chi connectivity index (χ0n) is 13.2. The van der Waals surface area contributed by atoms with Crippen molar-refractivity contribution >= 4 is 12.0 Å². The van der Waals surface area contributed by atoms with Gasteiger partial charge in [-0.1, -0.05) is 33.1 Å². The number of carboxylic acid groups (broad SMARTS) is 1. The molecule has 0 aromatic carbocycles. The predicted octanol–water partition coefficient (Wildman–Crippen LogP) is 3.10. The highest BCUT2D eigenvalue weighted by atomic mass is 16.4. The van der Waals surface area contributed by atoms with E-state index in [1.54, 1.807) is 4.90 Å². The molecule has 118 valence electrons. The van der Waals surface area contributed by atoms with Gasteiger partial charge >= 0.3 is 12.0 Å². The van der Waals surface area contributed by atoms with E-state index in [2.05, 4.69) is 19.2 Å². The van der Waals surface area contributed by atoms with Crippen molar-refractivity contribution in [3.8, 4) is 0 Å². The Kier molecular flexibility index (Phi) is 10.8. The molecule has 0 heterocycles. The van der Waals surface area contributed by atoms with E-state index in [9.17, 15) is 9.59 Å². The van der Waals surface area contributed by atoms with Gasteiger partial charge in [0.15, 0.2) is 0 Å². The summed E-state index contributed by atoms with van der Waals surface area (Å²) in [7, 11) is 1.81. The number of urea groups is 1.